The fraction of sp³-hybridized carbons (Fsp3) is 0.625. The summed E-state index contributed by atoms with van der Waals surface area (Å²) in [4.78, 5) is 24.7. The van der Waals surface area contributed by atoms with Crippen molar-refractivity contribution in [3.8, 4) is 0 Å². The molecule has 0 aromatic rings. The highest BCUT2D eigenvalue weighted by Crippen LogP contribution is 2.62. The molecule has 0 bridgehead atoms. The van der Waals surface area contributed by atoms with Crippen LogP contribution in [-0.4, -0.2) is 44.0 Å². The summed E-state index contributed by atoms with van der Waals surface area (Å²) in [5.41, 5.74) is 1.20. The third-order valence-electron chi connectivity index (χ3n) is 3.34. The van der Waals surface area contributed by atoms with Crippen molar-refractivity contribution in [1.82, 2.24) is 0 Å². The number of methoxy groups -OCH3 is 2. The Hall–Kier alpha value is -1.19. The minimum Gasteiger partial charge on any atom is -0.466 e. The molecule has 0 aromatic carbocycles. The van der Waals surface area contributed by atoms with Gasteiger partial charge in [-0.25, -0.2) is 9.59 Å². The molecule has 0 aliphatic carbocycles. The Labute approximate surface area is 133 Å². The minimum atomic E-state index is -1.01. The number of hydrogen-bond acceptors (Lipinski definition) is 5. The van der Waals surface area contributed by atoms with E-state index in [1.165, 1.54) is 14.2 Å². The van der Waals surface area contributed by atoms with Crippen LogP contribution in [-0.2, 0) is 23.8 Å². The summed E-state index contributed by atoms with van der Waals surface area (Å²) < 4.78 is 15.5. The zero-order chi connectivity index (χ0) is 17.1. The highest BCUT2D eigenvalue weighted by atomic mass is 31.1. The van der Waals surface area contributed by atoms with Gasteiger partial charge in [-0.1, -0.05) is 26.6 Å². The second-order valence-electron chi connectivity index (χ2n) is 5.99. The molecule has 0 fully saturated rings. The van der Waals surface area contributed by atoms with Gasteiger partial charge in [-0.3, -0.25) is 0 Å². The van der Waals surface area contributed by atoms with Gasteiger partial charge in [0.15, 0.2) is 0 Å². The molecule has 2 atom stereocenters. The van der Waals surface area contributed by atoms with E-state index in [2.05, 4.69) is 0 Å². The molecule has 1 aliphatic rings. The lowest BCUT2D eigenvalue weighted by atomic mass is 10.0. The van der Waals surface area contributed by atoms with Crippen molar-refractivity contribution in [1.29, 1.82) is 0 Å². The predicted molar refractivity (Wildman–Crippen MR) is 86.9 cm³/mol. The van der Waals surface area contributed by atoms with Gasteiger partial charge in [0, 0.05) is 6.61 Å². The first-order valence-electron chi connectivity index (χ1n) is 7.19. The molecule has 2 unspecified atom stereocenters. The number of ether oxygens (including phenoxy) is 3. The second kappa shape index (κ2) is 7.38. The molecule has 0 radical (unpaired) electrons. The largest absolute Gasteiger partial charge is 0.466 e. The molecule has 1 heterocycles. The van der Waals surface area contributed by atoms with Crippen molar-refractivity contribution in [3.05, 3.63) is 22.3 Å². The van der Waals surface area contributed by atoms with Gasteiger partial charge in [0.25, 0.3) is 0 Å². The van der Waals surface area contributed by atoms with Crippen LogP contribution in [0.3, 0.4) is 0 Å². The van der Waals surface area contributed by atoms with Crippen molar-refractivity contribution in [2.75, 3.05) is 20.8 Å². The molecular formula is C16H25O5P. The van der Waals surface area contributed by atoms with E-state index in [9.17, 15) is 9.59 Å². The minimum absolute atomic E-state index is 0.184. The topological polar surface area (TPSA) is 61.8 Å². The Bertz CT molecular complexity index is 513. The summed E-state index contributed by atoms with van der Waals surface area (Å²) in [5.74, 6) is 1.02. The molecule has 124 valence electrons. The van der Waals surface area contributed by atoms with E-state index in [-0.39, 0.29) is 10.7 Å². The van der Waals surface area contributed by atoms with Crippen LogP contribution in [0.4, 0.5) is 0 Å². The van der Waals surface area contributed by atoms with Crippen molar-refractivity contribution < 1.29 is 23.8 Å². The average molecular weight is 328 g/mol. The van der Waals surface area contributed by atoms with E-state index in [0.29, 0.717) is 11.9 Å². The Kier molecular flexibility index (Phi) is 6.33. The number of carbonyl (C=O) groups is 2. The standard InChI is InChI=1S/C16H25O5P/c1-8-21-12-10(2)9-22(16(3,4)5)13(15(18)20-7)11(12)14(17)19-6/h9,12H,8H2,1-7H3. The lowest BCUT2D eigenvalue weighted by molar-refractivity contribution is -0.139. The van der Waals surface area contributed by atoms with E-state index < -0.39 is 26.0 Å². The summed E-state index contributed by atoms with van der Waals surface area (Å²) in [5, 5.41) is 0.206. The molecule has 0 spiro atoms. The number of rotatable bonds is 4. The normalized spacial score (nSPS) is 22.2. The third-order valence-corrected chi connectivity index (χ3v) is 6.36. The monoisotopic (exact) mass is 328 g/mol. The lowest BCUT2D eigenvalue weighted by Crippen LogP contribution is -2.32. The zero-order valence-corrected chi connectivity index (χ0v) is 15.2. The van der Waals surface area contributed by atoms with E-state index >= 15 is 0 Å². The van der Waals surface area contributed by atoms with Crippen molar-refractivity contribution in [3.63, 3.8) is 0 Å². The summed E-state index contributed by atoms with van der Waals surface area (Å²) in [6.07, 6.45) is -0.562. The molecule has 6 heteroatoms. The quantitative estimate of drug-likeness (QED) is 0.586. The highest BCUT2D eigenvalue weighted by molar-refractivity contribution is 7.68. The maximum atomic E-state index is 12.4. The first-order valence-corrected chi connectivity index (χ1v) is 8.60. The summed E-state index contributed by atoms with van der Waals surface area (Å²) in [6, 6.07) is 0. The zero-order valence-electron chi connectivity index (χ0n) is 14.4. The van der Waals surface area contributed by atoms with Crippen LogP contribution < -0.4 is 0 Å². The lowest BCUT2D eigenvalue weighted by Gasteiger charge is -2.37. The smallest absolute Gasteiger partial charge is 0.339 e. The molecule has 5 nitrogen and oxygen atoms in total. The Morgan fingerprint density at radius 3 is 2.14 bits per heavy atom. The van der Waals surface area contributed by atoms with Gasteiger partial charge in [0.2, 0.25) is 0 Å². The van der Waals surface area contributed by atoms with Gasteiger partial charge in [-0.05, 0) is 32.5 Å². The molecule has 1 rings (SSSR count). The Balaban J connectivity index is 3.60. The molecule has 0 saturated heterocycles. The van der Waals surface area contributed by atoms with E-state index in [1.807, 2.05) is 40.4 Å². The fourth-order valence-electron chi connectivity index (χ4n) is 2.35. The number of carbonyl (C=O) groups excluding carboxylic acids is 2. The SMILES string of the molecule is CCOC1C(C)=CP(C(C)(C)C)C(C(=O)OC)=C1C(=O)OC. The van der Waals surface area contributed by atoms with Crippen LogP contribution in [0.15, 0.2) is 22.3 Å². The van der Waals surface area contributed by atoms with E-state index in [4.69, 9.17) is 14.2 Å². The summed E-state index contributed by atoms with van der Waals surface area (Å²) in [6.45, 7) is 10.3. The summed E-state index contributed by atoms with van der Waals surface area (Å²) in [7, 11) is 1.61. The van der Waals surface area contributed by atoms with Gasteiger partial charge >= 0.3 is 11.9 Å². The maximum Gasteiger partial charge on any atom is 0.339 e. The van der Waals surface area contributed by atoms with E-state index in [1.54, 1.807) is 0 Å². The first kappa shape index (κ1) is 18.9. The molecular weight excluding hydrogens is 303 g/mol. The molecule has 0 N–H and O–H groups in total. The Morgan fingerprint density at radius 2 is 1.73 bits per heavy atom. The first-order chi connectivity index (χ1) is 10.2. The van der Waals surface area contributed by atoms with Crippen LogP contribution in [0.2, 0.25) is 0 Å². The van der Waals surface area contributed by atoms with Crippen LogP contribution in [0, 0.1) is 0 Å². The van der Waals surface area contributed by atoms with Crippen molar-refractivity contribution in [2.24, 2.45) is 0 Å². The Morgan fingerprint density at radius 1 is 1.18 bits per heavy atom. The molecule has 0 amide bonds. The molecule has 1 aliphatic heterocycles. The van der Waals surface area contributed by atoms with Crippen LogP contribution in [0.25, 0.3) is 0 Å². The fourth-order valence-corrected chi connectivity index (χ4v) is 4.83. The number of esters is 2. The highest BCUT2D eigenvalue weighted by Gasteiger charge is 2.42. The predicted octanol–water partition coefficient (Wildman–Crippen LogP) is 3.19. The van der Waals surface area contributed by atoms with Crippen LogP contribution >= 0.6 is 7.92 Å². The van der Waals surface area contributed by atoms with Gasteiger partial charge < -0.3 is 14.2 Å². The molecule has 0 saturated carbocycles. The third kappa shape index (κ3) is 3.76. The van der Waals surface area contributed by atoms with Gasteiger partial charge in [0.05, 0.1) is 25.1 Å². The molecule has 22 heavy (non-hydrogen) atoms. The second-order valence-corrected chi connectivity index (χ2v) is 8.78. The molecule has 0 aromatic heterocycles. The van der Waals surface area contributed by atoms with Crippen LogP contribution in [0.1, 0.15) is 34.6 Å². The van der Waals surface area contributed by atoms with Gasteiger partial charge in [-0.2, -0.15) is 0 Å². The van der Waals surface area contributed by atoms with Crippen molar-refractivity contribution in [2.45, 2.75) is 45.9 Å². The van der Waals surface area contributed by atoms with Gasteiger partial charge in [0.1, 0.15) is 6.10 Å². The van der Waals surface area contributed by atoms with E-state index in [0.717, 1.165) is 5.57 Å². The van der Waals surface area contributed by atoms with Crippen LogP contribution in [0.5, 0.6) is 0 Å². The average Bonchev–Trinajstić information content (AvgIpc) is 2.46. The van der Waals surface area contributed by atoms with Gasteiger partial charge in [-0.15, -0.1) is 0 Å². The summed E-state index contributed by atoms with van der Waals surface area (Å²) >= 11 is 0. The van der Waals surface area contributed by atoms with Crippen molar-refractivity contribution >= 4 is 19.9 Å². The number of hydrogen-bond donors (Lipinski definition) is 0. The maximum absolute atomic E-state index is 12.4.